The summed E-state index contributed by atoms with van der Waals surface area (Å²) in [5, 5.41) is 11.6. The number of amides is 4. The summed E-state index contributed by atoms with van der Waals surface area (Å²) in [4.78, 5) is 50.0. The van der Waals surface area contributed by atoms with Crippen molar-refractivity contribution in [2.75, 3.05) is 4.90 Å². The Hall–Kier alpha value is -3.22. The van der Waals surface area contributed by atoms with Gasteiger partial charge in [-0.3, -0.25) is 14.9 Å². The van der Waals surface area contributed by atoms with Crippen LogP contribution in [0.25, 0.3) is 6.08 Å². The summed E-state index contributed by atoms with van der Waals surface area (Å²) in [6.45, 7) is 1.99. The molecule has 0 bridgehead atoms. The van der Waals surface area contributed by atoms with Crippen LogP contribution in [0.3, 0.4) is 0 Å². The molecule has 188 valence electrons. The smallest absolute Gasteiger partial charge is 0.335 e. The maximum absolute atomic E-state index is 13.2. The van der Waals surface area contributed by atoms with Crippen molar-refractivity contribution in [2.45, 2.75) is 13.5 Å². The van der Waals surface area contributed by atoms with Crippen LogP contribution in [0.1, 0.15) is 27.0 Å². The first-order valence-corrected chi connectivity index (χ1v) is 12.9. The van der Waals surface area contributed by atoms with Gasteiger partial charge in [-0.25, -0.2) is 14.5 Å². The molecule has 2 N–H and O–H groups in total. The Bertz CT molecular complexity index is 1470. The highest BCUT2D eigenvalue weighted by Crippen LogP contribution is 2.34. The van der Waals surface area contributed by atoms with Crippen molar-refractivity contribution in [2.24, 2.45) is 0 Å². The maximum Gasteiger partial charge on any atom is 0.335 e. The van der Waals surface area contributed by atoms with Gasteiger partial charge in [-0.05, 0) is 105 Å². The minimum Gasteiger partial charge on any atom is -0.487 e. The van der Waals surface area contributed by atoms with Crippen molar-refractivity contribution in [3.63, 3.8) is 0 Å². The number of benzene rings is 3. The maximum atomic E-state index is 13.2. The molecule has 1 fully saturated rings. The number of aromatic carboxylic acids is 1. The van der Waals surface area contributed by atoms with E-state index in [0.29, 0.717) is 24.4 Å². The molecule has 4 amide bonds. The number of urea groups is 1. The molecule has 0 saturated carbocycles. The fraction of sp³-hybridized carbons (Fsp3) is 0.0769. The fourth-order valence-electron chi connectivity index (χ4n) is 3.48. The standard InChI is InChI=1S/C26H17BrClIN2O6/c1-13-2-7-17(11-20(13)28)31-24(33)18(23(32)30-26(31)36)8-15-9-19(27)22(21(29)10-15)37-12-14-3-5-16(6-4-14)25(34)35/h2-11H,12H2,1H3,(H,34,35)(H,30,32,36)/b18-8-. The van der Waals surface area contributed by atoms with Crippen molar-refractivity contribution in [3.8, 4) is 5.75 Å². The quantitative estimate of drug-likeness (QED) is 0.187. The fourth-order valence-corrected chi connectivity index (χ4v) is 5.42. The van der Waals surface area contributed by atoms with E-state index in [-0.39, 0.29) is 23.4 Å². The van der Waals surface area contributed by atoms with Crippen LogP contribution in [-0.2, 0) is 16.2 Å². The van der Waals surface area contributed by atoms with Crippen LogP contribution in [-0.4, -0.2) is 28.9 Å². The number of rotatable bonds is 6. The molecule has 1 heterocycles. The molecule has 3 aromatic rings. The molecular weight excluding hydrogens is 679 g/mol. The summed E-state index contributed by atoms with van der Waals surface area (Å²) in [5.41, 5.74) is 2.30. The van der Waals surface area contributed by atoms with E-state index in [1.54, 1.807) is 43.3 Å². The van der Waals surface area contributed by atoms with E-state index >= 15 is 0 Å². The molecule has 0 aromatic heterocycles. The lowest BCUT2D eigenvalue weighted by molar-refractivity contribution is -0.122. The van der Waals surface area contributed by atoms with Gasteiger partial charge in [0.1, 0.15) is 17.9 Å². The minimum atomic E-state index is -1.00. The van der Waals surface area contributed by atoms with Crippen molar-refractivity contribution in [3.05, 3.63) is 95.5 Å². The normalized spacial score (nSPS) is 14.6. The van der Waals surface area contributed by atoms with E-state index < -0.39 is 23.8 Å². The molecular formula is C26H17BrClIN2O6. The summed E-state index contributed by atoms with van der Waals surface area (Å²) in [6.07, 6.45) is 1.40. The zero-order chi connectivity index (χ0) is 26.9. The van der Waals surface area contributed by atoms with E-state index in [1.807, 2.05) is 0 Å². The Morgan fingerprint density at radius 3 is 2.46 bits per heavy atom. The highest BCUT2D eigenvalue weighted by molar-refractivity contribution is 14.1. The first kappa shape index (κ1) is 26.8. The number of hydrogen-bond acceptors (Lipinski definition) is 5. The molecule has 1 aliphatic heterocycles. The number of nitrogens with zero attached hydrogens (tertiary/aromatic N) is 1. The van der Waals surface area contributed by atoms with E-state index in [4.69, 9.17) is 21.4 Å². The number of carbonyl (C=O) groups excluding carboxylic acids is 3. The van der Waals surface area contributed by atoms with Crippen LogP contribution in [0.4, 0.5) is 10.5 Å². The van der Waals surface area contributed by atoms with Crippen LogP contribution < -0.4 is 15.0 Å². The summed E-state index contributed by atoms with van der Waals surface area (Å²) < 4.78 is 7.19. The van der Waals surface area contributed by atoms with Crippen LogP contribution in [0.15, 0.2) is 64.6 Å². The van der Waals surface area contributed by atoms with Gasteiger partial charge in [0.15, 0.2) is 0 Å². The third-order valence-corrected chi connectivity index (χ3v) is 7.23. The minimum absolute atomic E-state index is 0.184. The number of ether oxygens (including phenoxy) is 1. The van der Waals surface area contributed by atoms with Crippen LogP contribution in [0.5, 0.6) is 5.75 Å². The average molecular weight is 696 g/mol. The number of carboxylic acid groups (broad SMARTS) is 1. The van der Waals surface area contributed by atoms with E-state index in [0.717, 1.165) is 16.0 Å². The molecule has 0 unspecified atom stereocenters. The van der Waals surface area contributed by atoms with E-state index in [1.165, 1.54) is 24.3 Å². The Labute approximate surface area is 238 Å². The second-order valence-electron chi connectivity index (χ2n) is 8.00. The zero-order valence-electron chi connectivity index (χ0n) is 19.1. The van der Waals surface area contributed by atoms with Gasteiger partial charge in [0, 0.05) is 5.02 Å². The van der Waals surface area contributed by atoms with E-state index in [9.17, 15) is 19.2 Å². The largest absolute Gasteiger partial charge is 0.487 e. The van der Waals surface area contributed by atoms with Gasteiger partial charge in [-0.2, -0.15) is 0 Å². The molecule has 0 spiro atoms. The van der Waals surface area contributed by atoms with Gasteiger partial charge in [0.2, 0.25) is 0 Å². The second-order valence-corrected chi connectivity index (χ2v) is 10.4. The van der Waals surface area contributed by atoms with Crippen molar-refractivity contribution in [1.29, 1.82) is 0 Å². The van der Waals surface area contributed by atoms with Crippen molar-refractivity contribution < 1.29 is 29.0 Å². The van der Waals surface area contributed by atoms with Gasteiger partial charge in [0.05, 0.1) is 19.3 Å². The number of anilines is 1. The Morgan fingerprint density at radius 2 is 1.84 bits per heavy atom. The number of carboxylic acids is 1. The molecule has 11 heteroatoms. The summed E-state index contributed by atoms with van der Waals surface area (Å²) in [7, 11) is 0. The van der Waals surface area contributed by atoms with Crippen LogP contribution in [0, 0.1) is 10.5 Å². The van der Waals surface area contributed by atoms with Crippen LogP contribution in [0.2, 0.25) is 5.02 Å². The molecule has 4 rings (SSSR count). The van der Waals surface area contributed by atoms with Gasteiger partial charge in [-0.1, -0.05) is 29.8 Å². The predicted octanol–water partition coefficient (Wildman–Crippen LogP) is 5.96. The highest BCUT2D eigenvalue weighted by atomic mass is 127. The Kier molecular flexibility index (Phi) is 8.00. The first-order valence-electron chi connectivity index (χ1n) is 10.7. The monoisotopic (exact) mass is 694 g/mol. The lowest BCUT2D eigenvalue weighted by Crippen LogP contribution is -2.54. The molecule has 8 nitrogen and oxygen atoms in total. The average Bonchev–Trinajstić information content (AvgIpc) is 2.83. The van der Waals surface area contributed by atoms with Gasteiger partial charge in [-0.15, -0.1) is 0 Å². The number of barbiturate groups is 1. The highest BCUT2D eigenvalue weighted by Gasteiger charge is 2.37. The number of hydrogen-bond donors (Lipinski definition) is 2. The molecule has 1 aliphatic rings. The summed E-state index contributed by atoms with van der Waals surface area (Å²) >= 11 is 11.7. The number of aryl methyl sites for hydroxylation is 1. The van der Waals surface area contributed by atoms with Gasteiger partial charge < -0.3 is 9.84 Å². The third kappa shape index (κ3) is 5.86. The number of nitrogens with one attached hydrogen (secondary N) is 1. The number of imide groups is 2. The van der Waals surface area contributed by atoms with Crippen molar-refractivity contribution in [1.82, 2.24) is 5.32 Å². The molecule has 37 heavy (non-hydrogen) atoms. The molecule has 0 atom stereocenters. The SMILES string of the molecule is Cc1ccc(N2C(=O)NC(=O)/C(=C/c3cc(Br)c(OCc4ccc(C(=O)O)cc4)c(I)c3)C2=O)cc1Cl. The van der Waals surface area contributed by atoms with Crippen molar-refractivity contribution >= 4 is 85.7 Å². The summed E-state index contributed by atoms with van der Waals surface area (Å²) in [5.74, 6) is -2.05. The topological polar surface area (TPSA) is 113 Å². The molecule has 1 saturated heterocycles. The molecule has 3 aromatic carbocycles. The lowest BCUT2D eigenvalue weighted by atomic mass is 10.1. The number of carbonyl (C=O) groups is 4. The third-order valence-electron chi connectivity index (χ3n) is 5.43. The van der Waals surface area contributed by atoms with Gasteiger partial charge >= 0.3 is 12.0 Å². The lowest BCUT2D eigenvalue weighted by Gasteiger charge is -2.26. The van der Waals surface area contributed by atoms with E-state index in [2.05, 4.69) is 43.8 Å². The molecule has 0 aliphatic carbocycles. The first-order chi connectivity index (χ1) is 17.5. The second kappa shape index (κ2) is 11.0. The Morgan fingerprint density at radius 1 is 1.14 bits per heavy atom. The Balaban J connectivity index is 1.58. The summed E-state index contributed by atoms with van der Waals surface area (Å²) in [6, 6.07) is 13.6. The zero-order valence-corrected chi connectivity index (χ0v) is 23.5. The predicted molar refractivity (Wildman–Crippen MR) is 150 cm³/mol. The van der Waals surface area contributed by atoms with Gasteiger partial charge in [0.25, 0.3) is 11.8 Å². The van der Waals surface area contributed by atoms with Crippen LogP contribution >= 0.6 is 50.1 Å². The number of halogens is 3. The molecule has 0 radical (unpaired) electrons.